The van der Waals surface area contributed by atoms with Crippen LogP contribution in [-0.4, -0.2) is 20.9 Å². The number of carboxylic acids is 1. The number of benzene rings is 1. The number of rotatable bonds is 4. The highest BCUT2D eigenvalue weighted by molar-refractivity contribution is 9.10. The molecule has 0 atom stereocenters. The third-order valence-corrected chi connectivity index (χ3v) is 3.38. The van der Waals surface area contributed by atoms with Gasteiger partial charge in [-0.25, -0.2) is 4.68 Å². The number of aliphatic carboxylic acids is 1. The van der Waals surface area contributed by atoms with Crippen molar-refractivity contribution in [1.82, 2.24) is 9.78 Å². The van der Waals surface area contributed by atoms with Crippen LogP contribution in [0, 0.1) is 6.92 Å². The first-order valence-electron chi connectivity index (χ1n) is 5.60. The maximum Gasteiger partial charge on any atom is 0.303 e. The molecule has 1 N–H and O–H groups in total. The molecule has 0 aliphatic heterocycles. The largest absolute Gasteiger partial charge is 0.481 e. The molecule has 0 spiro atoms. The Morgan fingerprint density at radius 1 is 1.44 bits per heavy atom. The molecule has 0 radical (unpaired) electrons. The Balaban J connectivity index is 2.29. The van der Waals surface area contributed by atoms with Crippen molar-refractivity contribution in [2.45, 2.75) is 19.8 Å². The third-order valence-electron chi connectivity index (χ3n) is 2.71. The van der Waals surface area contributed by atoms with E-state index in [1.165, 1.54) is 0 Å². The third kappa shape index (κ3) is 2.79. The van der Waals surface area contributed by atoms with Crippen LogP contribution in [0.1, 0.15) is 17.7 Å². The van der Waals surface area contributed by atoms with Crippen molar-refractivity contribution in [2.75, 3.05) is 0 Å². The maximum atomic E-state index is 10.6. The fraction of sp³-hybridized carbons (Fsp3) is 0.231. The molecular weight excluding hydrogens is 296 g/mol. The van der Waals surface area contributed by atoms with Gasteiger partial charge in [-0.3, -0.25) is 4.79 Å². The van der Waals surface area contributed by atoms with Crippen LogP contribution < -0.4 is 0 Å². The standard InChI is InChI=1S/C13H13BrN2O2/c1-9-10(6-7-13(17)18)8-16(15-9)12-5-3-2-4-11(12)14/h2-5,8H,6-7H2,1H3,(H,17,18). The minimum Gasteiger partial charge on any atom is -0.481 e. The molecule has 1 heterocycles. The number of hydrogen-bond acceptors (Lipinski definition) is 2. The topological polar surface area (TPSA) is 55.1 Å². The number of nitrogens with zero attached hydrogens (tertiary/aromatic N) is 2. The number of aryl methyl sites for hydroxylation is 2. The molecule has 0 amide bonds. The van der Waals surface area contributed by atoms with Gasteiger partial charge in [0.25, 0.3) is 0 Å². The van der Waals surface area contributed by atoms with E-state index in [2.05, 4.69) is 21.0 Å². The first kappa shape index (κ1) is 12.8. The Kier molecular flexibility index (Phi) is 3.81. The lowest BCUT2D eigenvalue weighted by Crippen LogP contribution is -1.97. The summed E-state index contributed by atoms with van der Waals surface area (Å²) in [5.41, 5.74) is 2.78. The average molecular weight is 309 g/mol. The Morgan fingerprint density at radius 2 is 2.17 bits per heavy atom. The summed E-state index contributed by atoms with van der Waals surface area (Å²) in [4.78, 5) is 10.6. The van der Waals surface area contributed by atoms with Gasteiger partial charge in [0.15, 0.2) is 0 Å². The molecule has 4 nitrogen and oxygen atoms in total. The predicted molar refractivity (Wildman–Crippen MR) is 72.0 cm³/mol. The van der Waals surface area contributed by atoms with Gasteiger partial charge in [0, 0.05) is 17.1 Å². The summed E-state index contributed by atoms with van der Waals surface area (Å²) < 4.78 is 2.73. The van der Waals surface area contributed by atoms with E-state index in [0.29, 0.717) is 6.42 Å². The summed E-state index contributed by atoms with van der Waals surface area (Å²) in [5.74, 6) is -0.789. The second-order valence-corrected chi connectivity index (χ2v) is 4.88. The highest BCUT2D eigenvalue weighted by atomic mass is 79.9. The molecule has 94 valence electrons. The van der Waals surface area contributed by atoms with E-state index >= 15 is 0 Å². The monoisotopic (exact) mass is 308 g/mol. The highest BCUT2D eigenvalue weighted by Crippen LogP contribution is 2.21. The fourth-order valence-corrected chi connectivity index (χ4v) is 2.21. The van der Waals surface area contributed by atoms with Gasteiger partial charge in [0.2, 0.25) is 0 Å². The predicted octanol–water partition coefficient (Wildman–Crippen LogP) is 2.96. The van der Waals surface area contributed by atoms with Crippen LogP contribution in [0.25, 0.3) is 5.69 Å². The number of hydrogen-bond donors (Lipinski definition) is 1. The van der Waals surface area contributed by atoms with E-state index in [1.54, 1.807) is 4.68 Å². The Hall–Kier alpha value is -1.62. The van der Waals surface area contributed by atoms with E-state index < -0.39 is 5.97 Å². The van der Waals surface area contributed by atoms with Crippen LogP contribution in [0.4, 0.5) is 0 Å². The van der Waals surface area contributed by atoms with Crippen LogP contribution in [0.2, 0.25) is 0 Å². The molecule has 0 aliphatic carbocycles. The summed E-state index contributed by atoms with van der Waals surface area (Å²) in [6, 6.07) is 7.78. The maximum absolute atomic E-state index is 10.6. The molecule has 0 fully saturated rings. The van der Waals surface area contributed by atoms with Gasteiger partial charge in [0.1, 0.15) is 0 Å². The molecule has 2 aromatic rings. The smallest absolute Gasteiger partial charge is 0.303 e. The first-order chi connectivity index (χ1) is 8.58. The molecule has 2 rings (SSSR count). The molecule has 18 heavy (non-hydrogen) atoms. The van der Waals surface area contributed by atoms with Gasteiger partial charge in [-0.2, -0.15) is 5.10 Å². The first-order valence-corrected chi connectivity index (χ1v) is 6.39. The molecule has 0 bridgehead atoms. The van der Waals surface area contributed by atoms with E-state index in [-0.39, 0.29) is 6.42 Å². The van der Waals surface area contributed by atoms with Crippen molar-refractivity contribution >= 4 is 21.9 Å². The van der Waals surface area contributed by atoms with Crippen molar-refractivity contribution in [3.8, 4) is 5.69 Å². The van der Waals surface area contributed by atoms with Crippen molar-refractivity contribution in [3.63, 3.8) is 0 Å². The molecule has 1 aromatic carbocycles. The summed E-state index contributed by atoms with van der Waals surface area (Å²) in [6.07, 6.45) is 2.52. The molecule has 0 unspecified atom stereocenters. The Bertz CT molecular complexity index is 578. The van der Waals surface area contributed by atoms with Crippen molar-refractivity contribution in [3.05, 3.63) is 46.2 Å². The lowest BCUT2D eigenvalue weighted by molar-refractivity contribution is -0.136. The minimum atomic E-state index is -0.789. The summed E-state index contributed by atoms with van der Waals surface area (Å²) in [6.45, 7) is 1.89. The van der Waals surface area contributed by atoms with Gasteiger partial charge >= 0.3 is 5.97 Å². The summed E-state index contributed by atoms with van der Waals surface area (Å²) >= 11 is 3.47. The molecule has 0 saturated heterocycles. The van der Waals surface area contributed by atoms with Crippen molar-refractivity contribution in [2.24, 2.45) is 0 Å². The second kappa shape index (κ2) is 5.35. The average Bonchev–Trinajstić information content (AvgIpc) is 2.68. The van der Waals surface area contributed by atoms with Gasteiger partial charge in [-0.1, -0.05) is 12.1 Å². The van der Waals surface area contributed by atoms with Gasteiger partial charge in [-0.15, -0.1) is 0 Å². The van der Waals surface area contributed by atoms with Gasteiger partial charge in [0.05, 0.1) is 11.4 Å². The quantitative estimate of drug-likeness (QED) is 0.944. The van der Waals surface area contributed by atoms with E-state index in [1.807, 2.05) is 37.4 Å². The Labute approximate surface area is 113 Å². The van der Waals surface area contributed by atoms with E-state index in [4.69, 9.17) is 5.11 Å². The number of carboxylic acid groups (broad SMARTS) is 1. The summed E-state index contributed by atoms with van der Waals surface area (Å²) in [7, 11) is 0. The number of halogens is 1. The molecule has 1 aromatic heterocycles. The van der Waals surface area contributed by atoms with Gasteiger partial charge < -0.3 is 5.11 Å². The van der Waals surface area contributed by atoms with E-state index in [0.717, 1.165) is 21.4 Å². The van der Waals surface area contributed by atoms with Crippen LogP contribution in [0.15, 0.2) is 34.9 Å². The molecule has 5 heteroatoms. The lowest BCUT2D eigenvalue weighted by atomic mass is 10.1. The number of aromatic nitrogens is 2. The highest BCUT2D eigenvalue weighted by Gasteiger charge is 2.09. The number of para-hydroxylation sites is 1. The van der Waals surface area contributed by atoms with Gasteiger partial charge in [-0.05, 0) is 47.0 Å². The van der Waals surface area contributed by atoms with Crippen molar-refractivity contribution in [1.29, 1.82) is 0 Å². The molecule has 0 aliphatic rings. The Morgan fingerprint density at radius 3 is 2.83 bits per heavy atom. The van der Waals surface area contributed by atoms with Crippen LogP contribution in [-0.2, 0) is 11.2 Å². The van der Waals surface area contributed by atoms with Crippen molar-refractivity contribution < 1.29 is 9.90 Å². The zero-order valence-electron chi connectivity index (χ0n) is 9.93. The summed E-state index contributed by atoms with van der Waals surface area (Å²) in [5, 5.41) is 13.1. The molecule has 0 saturated carbocycles. The zero-order chi connectivity index (χ0) is 13.1. The van der Waals surface area contributed by atoms with Crippen LogP contribution in [0.3, 0.4) is 0 Å². The molecular formula is C13H13BrN2O2. The number of carbonyl (C=O) groups is 1. The van der Waals surface area contributed by atoms with Crippen LogP contribution in [0.5, 0.6) is 0 Å². The fourth-order valence-electron chi connectivity index (χ4n) is 1.74. The van der Waals surface area contributed by atoms with Crippen LogP contribution >= 0.6 is 15.9 Å². The lowest BCUT2D eigenvalue weighted by Gasteiger charge is -2.02. The normalized spacial score (nSPS) is 10.6. The minimum absolute atomic E-state index is 0.127. The van der Waals surface area contributed by atoms with E-state index in [9.17, 15) is 4.79 Å². The second-order valence-electron chi connectivity index (χ2n) is 4.03. The SMILES string of the molecule is Cc1nn(-c2ccccc2Br)cc1CCC(=O)O. The zero-order valence-corrected chi connectivity index (χ0v) is 11.5.